The standard InChI is InChI=1S/C25H27FN6O/c1-14-7-20-8-17(11-27)24(29-12-16-3-4-16)18-9-23(25(28)30-13-18)33-15(2)21-10-19(26)5-6-22(21)32(20)31-14/h5-7,9-11,13,15-16,27,29H,3-4,8,12H2,1-2H3,(H2,28,30)/b24-17-,27-11?. The summed E-state index contributed by atoms with van der Waals surface area (Å²) >= 11 is 0. The van der Waals surface area contributed by atoms with Crippen molar-refractivity contribution in [1.29, 1.82) is 5.41 Å². The highest BCUT2D eigenvalue weighted by molar-refractivity contribution is 5.89. The zero-order valence-electron chi connectivity index (χ0n) is 18.7. The predicted molar refractivity (Wildman–Crippen MR) is 126 cm³/mol. The summed E-state index contributed by atoms with van der Waals surface area (Å²) in [5, 5.41) is 16.5. The first kappa shape index (κ1) is 21.2. The highest BCUT2D eigenvalue weighted by Gasteiger charge is 2.25. The van der Waals surface area contributed by atoms with E-state index >= 15 is 0 Å². The Balaban J connectivity index is 1.73. The summed E-state index contributed by atoms with van der Waals surface area (Å²) in [5.74, 6) is 0.975. The molecule has 1 unspecified atom stereocenters. The number of nitrogen functional groups attached to an aromatic ring is 1. The number of pyridine rings is 1. The molecule has 170 valence electrons. The van der Waals surface area contributed by atoms with Gasteiger partial charge in [0, 0.05) is 47.9 Å². The van der Waals surface area contributed by atoms with Crippen molar-refractivity contribution in [2.75, 3.05) is 12.3 Å². The van der Waals surface area contributed by atoms with E-state index in [1.807, 2.05) is 30.7 Å². The molecule has 33 heavy (non-hydrogen) atoms. The Hall–Kier alpha value is -3.68. The molecule has 8 heteroatoms. The molecule has 2 aliphatic rings. The maximum atomic E-state index is 14.3. The Morgan fingerprint density at radius 2 is 2.12 bits per heavy atom. The third-order valence-corrected chi connectivity index (χ3v) is 6.17. The van der Waals surface area contributed by atoms with Gasteiger partial charge in [-0.25, -0.2) is 14.1 Å². The van der Waals surface area contributed by atoms with E-state index in [9.17, 15) is 4.39 Å². The van der Waals surface area contributed by atoms with Gasteiger partial charge in [0.2, 0.25) is 0 Å². The smallest absolute Gasteiger partial charge is 0.166 e. The van der Waals surface area contributed by atoms with Crippen LogP contribution in [0.1, 0.15) is 48.4 Å². The Morgan fingerprint density at radius 1 is 1.30 bits per heavy atom. The molecule has 4 N–H and O–H groups in total. The highest BCUT2D eigenvalue weighted by Crippen LogP contribution is 2.34. The van der Waals surface area contributed by atoms with Crippen LogP contribution in [0.4, 0.5) is 10.2 Å². The van der Waals surface area contributed by atoms with E-state index in [1.54, 1.807) is 12.3 Å². The fraction of sp³-hybridized carbons (Fsp3) is 0.320. The molecule has 1 aromatic carbocycles. The lowest BCUT2D eigenvalue weighted by molar-refractivity contribution is 0.226. The number of fused-ring (bicyclic) bond motifs is 5. The number of aryl methyl sites for hydroxylation is 1. The molecule has 2 aromatic heterocycles. The number of hydrogen-bond acceptors (Lipinski definition) is 6. The molecule has 0 amide bonds. The maximum Gasteiger partial charge on any atom is 0.166 e. The molecule has 1 atom stereocenters. The van der Waals surface area contributed by atoms with Crippen molar-refractivity contribution in [3.63, 3.8) is 0 Å². The second-order valence-electron chi connectivity index (χ2n) is 8.81. The quantitative estimate of drug-likeness (QED) is 0.517. The maximum absolute atomic E-state index is 14.3. The van der Waals surface area contributed by atoms with Crippen LogP contribution in [0.3, 0.4) is 0 Å². The van der Waals surface area contributed by atoms with Gasteiger partial charge in [0.25, 0.3) is 0 Å². The van der Waals surface area contributed by atoms with Crippen LogP contribution >= 0.6 is 0 Å². The van der Waals surface area contributed by atoms with Gasteiger partial charge < -0.3 is 21.2 Å². The molecule has 5 rings (SSSR count). The number of hydrogen-bond donors (Lipinski definition) is 3. The van der Waals surface area contributed by atoms with Crippen molar-refractivity contribution in [3.8, 4) is 11.4 Å². The van der Waals surface area contributed by atoms with E-state index in [4.69, 9.17) is 21.0 Å². The number of halogens is 1. The van der Waals surface area contributed by atoms with Gasteiger partial charge in [-0.15, -0.1) is 0 Å². The number of benzene rings is 1. The van der Waals surface area contributed by atoms with E-state index in [0.29, 0.717) is 23.7 Å². The van der Waals surface area contributed by atoms with Gasteiger partial charge in [0.1, 0.15) is 11.9 Å². The van der Waals surface area contributed by atoms with Crippen molar-refractivity contribution >= 4 is 17.7 Å². The minimum atomic E-state index is -0.499. The van der Waals surface area contributed by atoms with Gasteiger partial charge in [0.15, 0.2) is 11.6 Å². The number of nitrogens with two attached hydrogens (primary N) is 1. The Kier molecular flexibility index (Phi) is 5.36. The molecule has 2 bridgehead atoms. The number of allylic oxidation sites excluding steroid dienone is 1. The SMILES string of the molecule is Cc1cc2n(n1)-c1ccc(F)cc1C(C)Oc1cc(cnc1N)/C(NCC1CC1)=C(/C=N)C2. The summed E-state index contributed by atoms with van der Waals surface area (Å²) < 4.78 is 22.3. The van der Waals surface area contributed by atoms with Gasteiger partial charge in [-0.2, -0.15) is 5.10 Å². The lowest BCUT2D eigenvalue weighted by Crippen LogP contribution is -2.20. The van der Waals surface area contributed by atoms with Crippen molar-refractivity contribution in [3.05, 3.63) is 70.4 Å². The van der Waals surface area contributed by atoms with E-state index in [1.165, 1.54) is 31.2 Å². The van der Waals surface area contributed by atoms with Crippen LogP contribution in [-0.4, -0.2) is 27.5 Å². The summed E-state index contributed by atoms with van der Waals surface area (Å²) in [5.41, 5.74) is 11.7. The number of nitrogens with one attached hydrogen (secondary N) is 2. The number of rotatable bonds is 4. The third kappa shape index (κ3) is 4.20. The van der Waals surface area contributed by atoms with Crippen molar-refractivity contribution in [2.24, 2.45) is 5.92 Å². The Bertz CT molecular complexity index is 1260. The second kappa shape index (κ2) is 8.35. The minimum Gasteiger partial charge on any atom is -0.482 e. The van der Waals surface area contributed by atoms with Crippen LogP contribution in [0.25, 0.3) is 11.4 Å². The molecule has 0 spiro atoms. The summed E-state index contributed by atoms with van der Waals surface area (Å²) in [6.45, 7) is 4.62. The van der Waals surface area contributed by atoms with Crippen molar-refractivity contribution in [2.45, 2.75) is 39.2 Å². The lowest BCUT2D eigenvalue weighted by atomic mass is 10.0. The highest BCUT2D eigenvalue weighted by atomic mass is 19.1. The number of ether oxygens (including phenoxy) is 1. The molecular weight excluding hydrogens is 419 g/mol. The molecule has 1 saturated carbocycles. The van der Waals surface area contributed by atoms with Gasteiger partial charge in [-0.05, 0) is 68.5 Å². The van der Waals surface area contributed by atoms with Crippen LogP contribution in [0.2, 0.25) is 0 Å². The zero-order valence-corrected chi connectivity index (χ0v) is 18.7. The van der Waals surface area contributed by atoms with E-state index < -0.39 is 6.10 Å². The fourth-order valence-corrected chi connectivity index (χ4v) is 4.25. The average Bonchev–Trinajstić information content (AvgIpc) is 3.55. The molecule has 0 saturated heterocycles. The van der Waals surface area contributed by atoms with Crippen LogP contribution in [0, 0.1) is 24.1 Å². The summed E-state index contributed by atoms with van der Waals surface area (Å²) in [7, 11) is 0. The zero-order chi connectivity index (χ0) is 23.1. The van der Waals surface area contributed by atoms with Gasteiger partial charge in [0.05, 0.1) is 11.4 Å². The molecule has 0 radical (unpaired) electrons. The van der Waals surface area contributed by atoms with Gasteiger partial charge in [-0.3, -0.25) is 0 Å². The number of aromatic nitrogens is 3. The largest absolute Gasteiger partial charge is 0.482 e. The monoisotopic (exact) mass is 446 g/mol. The van der Waals surface area contributed by atoms with E-state index in [0.717, 1.165) is 40.5 Å². The van der Waals surface area contributed by atoms with Crippen molar-refractivity contribution < 1.29 is 9.13 Å². The number of anilines is 1. The molecular formula is C25H27FN6O. The van der Waals surface area contributed by atoms with Gasteiger partial charge >= 0.3 is 0 Å². The summed E-state index contributed by atoms with van der Waals surface area (Å²) in [6, 6.07) is 8.45. The minimum absolute atomic E-state index is 0.259. The third-order valence-electron chi connectivity index (χ3n) is 6.17. The average molecular weight is 447 g/mol. The number of nitrogens with zero attached hydrogens (tertiary/aromatic N) is 3. The first-order valence-corrected chi connectivity index (χ1v) is 11.2. The first-order valence-electron chi connectivity index (χ1n) is 11.2. The van der Waals surface area contributed by atoms with E-state index in [2.05, 4.69) is 10.3 Å². The van der Waals surface area contributed by atoms with Crippen molar-refractivity contribution in [1.82, 2.24) is 20.1 Å². The second-order valence-corrected chi connectivity index (χ2v) is 8.81. The molecule has 1 aliphatic heterocycles. The molecule has 3 heterocycles. The molecule has 3 aromatic rings. The van der Waals surface area contributed by atoms with Crippen LogP contribution in [-0.2, 0) is 6.42 Å². The van der Waals surface area contributed by atoms with Crippen LogP contribution in [0.5, 0.6) is 5.75 Å². The predicted octanol–water partition coefficient (Wildman–Crippen LogP) is 4.35. The topological polar surface area (TPSA) is 102 Å². The first-order chi connectivity index (χ1) is 15.9. The molecule has 7 nitrogen and oxygen atoms in total. The van der Waals surface area contributed by atoms with E-state index in [-0.39, 0.29) is 11.6 Å². The molecule has 1 aliphatic carbocycles. The Labute approximate surface area is 192 Å². The lowest BCUT2D eigenvalue weighted by Gasteiger charge is -2.23. The van der Waals surface area contributed by atoms with Crippen LogP contribution in [0.15, 0.2) is 42.1 Å². The van der Waals surface area contributed by atoms with Crippen LogP contribution < -0.4 is 15.8 Å². The van der Waals surface area contributed by atoms with Gasteiger partial charge in [-0.1, -0.05) is 0 Å². The summed E-state index contributed by atoms with van der Waals surface area (Å²) in [6.07, 6.45) is 5.48. The fourth-order valence-electron chi connectivity index (χ4n) is 4.25. The normalized spacial score (nSPS) is 20.0. The summed E-state index contributed by atoms with van der Waals surface area (Å²) in [4.78, 5) is 4.36. The molecule has 1 fully saturated rings. The Morgan fingerprint density at radius 3 is 2.88 bits per heavy atom.